The molecule has 1 saturated carbocycles. The number of nitrogens with zero attached hydrogens (tertiary/aromatic N) is 1. The van der Waals surface area contributed by atoms with Gasteiger partial charge in [0.15, 0.2) is 0 Å². The van der Waals surface area contributed by atoms with Crippen LogP contribution in [0.3, 0.4) is 0 Å². The Kier molecular flexibility index (Phi) is 3.24. The van der Waals surface area contributed by atoms with E-state index in [2.05, 4.69) is 16.4 Å². The maximum absolute atomic E-state index is 11.8. The lowest BCUT2D eigenvalue weighted by atomic mass is 10.1. The number of aromatic nitrogens is 1. The van der Waals surface area contributed by atoms with E-state index in [1.165, 1.54) is 18.3 Å². The smallest absolute Gasteiger partial charge is 0.253 e. The van der Waals surface area contributed by atoms with Crippen molar-refractivity contribution in [3.05, 3.63) is 34.2 Å². The highest BCUT2D eigenvalue weighted by Crippen LogP contribution is 2.24. The van der Waals surface area contributed by atoms with Gasteiger partial charge in [0.2, 0.25) is 5.56 Å². The van der Waals surface area contributed by atoms with Crippen LogP contribution in [0, 0.1) is 17.2 Å². The van der Waals surface area contributed by atoms with E-state index in [0.717, 1.165) is 19.3 Å². The highest BCUT2D eigenvalue weighted by atomic mass is 16.2. The quantitative estimate of drug-likeness (QED) is 0.789. The molecule has 1 amide bonds. The monoisotopic (exact) mass is 231 g/mol. The first kappa shape index (κ1) is 11.4. The number of pyridine rings is 1. The Morgan fingerprint density at radius 3 is 2.94 bits per heavy atom. The van der Waals surface area contributed by atoms with Gasteiger partial charge in [0, 0.05) is 18.3 Å². The van der Waals surface area contributed by atoms with E-state index in [4.69, 9.17) is 5.26 Å². The van der Waals surface area contributed by atoms with Crippen LogP contribution < -0.4 is 10.9 Å². The van der Waals surface area contributed by atoms with Crippen LogP contribution in [-0.4, -0.2) is 16.9 Å². The molecule has 0 bridgehead atoms. The molecule has 0 aromatic carbocycles. The van der Waals surface area contributed by atoms with Crippen LogP contribution in [0.25, 0.3) is 0 Å². The Morgan fingerprint density at radius 1 is 1.47 bits per heavy atom. The Hall–Kier alpha value is -2.09. The van der Waals surface area contributed by atoms with Gasteiger partial charge in [-0.2, -0.15) is 5.26 Å². The molecular weight excluding hydrogens is 218 g/mol. The normalized spacial score (nSPS) is 23.0. The molecule has 1 aromatic heterocycles. The number of H-pyrrole nitrogens is 1. The van der Waals surface area contributed by atoms with E-state index >= 15 is 0 Å². The molecule has 17 heavy (non-hydrogen) atoms. The van der Waals surface area contributed by atoms with Gasteiger partial charge in [-0.25, -0.2) is 0 Å². The van der Waals surface area contributed by atoms with Crippen molar-refractivity contribution in [2.45, 2.75) is 25.3 Å². The maximum atomic E-state index is 11.8. The number of hydrogen-bond acceptors (Lipinski definition) is 3. The summed E-state index contributed by atoms with van der Waals surface area (Å²) in [6, 6.07) is 4.92. The molecule has 5 heteroatoms. The first-order valence-corrected chi connectivity index (χ1v) is 5.60. The number of aromatic amines is 1. The Bertz CT molecular complexity index is 495. The molecule has 1 aromatic rings. The molecule has 0 saturated heterocycles. The Morgan fingerprint density at radius 2 is 2.29 bits per heavy atom. The van der Waals surface area contributed by atoms with E-state index in [0.29, 0.717) is 5.56 Å². The second-order valence-corrected chi connectivity index (χ2v) is 4.19. The predicted molar refractivity (Wildman–Crippen MR) is 61.3 cm³/mol. The molecule has 2 atom stereocenters. The molecule has 1 heterocycles. The summed E-state index contributed by atoms with van der Waals surface area (Å²) in [6.45, 7) is 0. The lowest BCUT2D eigenvalue weighted by Crippen LogP contribution is -2.37. The van der Waals surface area contributed by atoms with E-state index in [1.807, 2.05) is 0 Å². The molecule has 2 N–H and O–H groups in total. The van der Waals surface area contributed by atoms with Crippen molar-refractivity contribution in [2.75, 3.05) is 0 Å². The zero-order valence-corrected chi connectivity index (χ0v) is 9.27. The van der Waals surface area contributed by atoms with Crippen LogP contribution in [0.5, 0.6) is 0 Å². The van der Waals surface area contributed by atoms with Gasteiger partial charge in [0.25, 0.3) is 5.91 Å². The Labute approximate surface area is 98.5 Å². The maximum Gasteiger partial charge on any atom is 0.253 e. The fourth-order valence-corrected chi connectivity index (χ4v) is 2.09. The van der Waals surface area contributed by atoms with E-state index in [9.17, 15) is 9.59 Å². The summed E-state index contributed by atoms with van der Waals surface area (Å²) in [5.74, 6) is -0.338. The van der Waals surface area contributed by atoms with Crippen LogP contribution in [0.4, 0.5) is 0 Å². The van der Waals surface area contributed by atoms with Gasteiger partial charge in [-0.15, -0.1) is 0 Å². The summed E-state index contributed by atoms with van der Waals surface area (Å²) in [6.07, 6.45) is 4.03. The number of nitriles is 1. The van der Waals surface area contributed by atoms with Gasteiger partial charge < -0.3 is 10.3 Å². The first-order chi connectivity index (χ1) is 8.20. The van der Waals surface area contributed by atoms with Crippen molar-refractivity contribution in [1.29, 1.82) is 5.26 Å². The fourth-order valence-electron chi connectivity index (χ4n) is 2.09. The highest BCUT2D eigenvalue weighted by Gasteiger charge is 2.28. The minimum atomic E-state index is -0.242. The fraction of sp³-hybridized carbons (Fsp3) is 0.417. The van der Waals surface area contributed by atoms with Crippen LogP contribution in [0.15, 0.2) is 23.1 Å². The van der Waals surface area contributed by atoms with Crippen molar-refractivity contribution < 1.29 is 4.79 Å². The average Bonchev–Trinajstić information content (AvgIpc) is 2.77. The second kappa shape index (κ2) is 4.83. The summed E-state index contributed by atoms with van der Waals surface area (Å²) >= 11 is 0. The molecule has 1 aliphatic rings. The summed E-state index contributed by atoms with van der Waals surface area (Å²) in [5.41, 5.74) is 0.172. The zero-order valence-electron chi connectivity index (χ0n) is 9.27. The van der Waals surface area contributed by atoms with Gasteiger partial charge >= 0.3 is 0 Å². The van der Waals surface area contributed by atoms with Crippen molar-refractivity contribution in [3.63, 3.8) is 0 Å². The van der Waals surface area contributed by atoms with E-state index < -0.39 is 0 Å². The number of rotatable bonds is 2. The standard InChI is InChI=1S/C12H13N3O2/c13-6-8-2-1-3-10(8)15-12(17)9-4-5-11(16)14-7-9/h4-5,7-8,10H,1-3H2,(H,14,16)(H,15,17). The SMILES string of the molecule is N#CC1CCCC1NC(=O)c1ccc(=O)[nH]c1. The van der Waals surface area contributed by atoms with E-state index in [-0.39, 0.29) is 23.4 Å². The molecule has 5 nitrogen and oxygen atoms in total. The zero-order chi connectivity index (χ0) is 12.3. The molecule has 1 fully saturated rings. The van der Waals surface area contributed by atoms with Crippen molar-refractivity contribution in [3.8, 4) is 6.07 Å². The van der Waals surface area contributed by atoms with Gasteiger partial charge in [0.05, 0.1) is 17.6 Å². The predicted octanol–water partition coefficient (Wildman–Crippen LogP) is 0.797. The number of carbonyl (C=O) groups is 1. The third-order valence-corrected chi connectivity index (χ3v) is 3.04. The molecule has 0 spiro atoms. The second-order valence-electron chi connectivity index (χ2n) is 4.19. The number of nitrogens with one attached hydrogen (secondary N) is 2. The highest BCUT2D eigenvalue weighted by molar-refractivity contribution is 5.94. The molecule has 88 valence electrons. The van der Waals surface area contributed by atoms with Gasteiger partial charge in [-0.05, 0) is 25.3 Å². The summed E-state index contributed by atoms with van der Waals surface area (Å²) in [5, 5.41) is 11.7. The summed E-state index contributed by atoms with van der Waals surface area (Å²) < 4.78 is 0. The minimum Gasteiger partial charge on any atom is -0.348 e. The lowest BCUT2D eigenvalue weighted by Gasteiger charge is -2.15. The molecule has 0 radical (unpaired) electrons. The molecule has 2 unspecified atom stereocenters. The topological polar surface area (TPSA) is 85.8 Å². The van der Waals surface area contributed by atoms with Crippen LogP contribution in [0.1, 0.15) is 29.6 Å². The van der Waals surface area contributed by atoms with Crippen molar-refractivity contribution in [2.24, 2.45) is 5.92 Å². The van der Waals surface area contributed by atoms with Crippen LogP contribution in [0.2, 0.25) is 0 Å². The lowest BCUT2D eigenvalue weighted by molar-refractivity contribution is 0.0932. The number of carbonyl (C=O) groups excluding carboxylic acids is 1. The van der Waals surface area contributed by atoms with Crippen molar-refractivity contribution >= 4 is 5.91 Å². The largest absolute Gasteiger partial charge is 0.348 e. The summed E-state index contributed by atoms with van der Waals surface area (Å²) in [4.78, 5) is 25.1. The van der Waals surface area contributed by atoms with Gasteiger partial charge in [-0.3, -0.25) is 9.59 Å². The molecule has 1 aliphatic carbocycles. The van der Waals surface area contributed by atoms with Gasteiger partial charge in [0.1, 0.15) is 0 Å². The number of hydrogen-bond donors (Lipinski definition) is 2. The average molecular weight is 231 g/mol. The van der Waals surface area contributed by atoms with Crippen LogP contribution in [-0.2, 0) is 0 Å². The minimum absolute atomic E-state index is 0.0700. The Balaban J connectivity index is 2.04. The van der Waals surface area contributed by atoms with Crippen LogP contribution >= 0.6 is 0 Å². The number of amides is 1. The molecule has 0 aliphatic heterocycles. The van der Waals surface area contributed by atoms with Gasteiger partial charge in [-0.1, -0.05) is 0 Å². The summed E-state index contributed by atoms with van der Waals surface area (Å²) in [7, 11) is 0. The van der Waals surface area contributed by atoms with E-state index in [1.54, 1.807) is 0 Å². The molecule has 2 rings (SSSR count). The first-order valence-electron chi connectivity index (χ1n) is 5.60. The van der Waals surface area contributed by atoms with Crippen molar-refractivity contribution in [1.82, 2.24) is 10.3 Å². The third kappa shape index (κ3) is 2.53. The third-order valence-electron chi connectivity index (χ3n) is 3.04. The molecular formula is C12H13N3O2.